The van der Waals surface area contributed by atoms with E-state index in [-0.39, 0.29) is 0 Å². The van der Waals surface area contributed by atoms with Gasteiger partial charge in [0.25, 0.3) is 0 Å². The smallest absolute Gasteiger partial charge is 0.162 e. The number of nitrogens with one attached hydrogen (secondary N) is 1. The molecule has 96 valence electrons. The van der Waals surface area contributed by atoms with Crippen LogP contribution in [0, 0.1) is 11.3 Å². The van der Waals surface area contributed by atoms with Gasteiger partial charge in [-0.3, -0.25) is 4.90 Å². The summed E-state index contributed by atoms with van der Waals surface area (Å²) in [5.74, 6) is 0. The second kappa shape index (κ2) is 4.69. The van der Waals surface area contributed by atoms with E-state index in [1.54, 1.807) is 0 Å². The molecule has 0 spiro atoms. The fourth-order valence-electron chi connectivity index (χ4n) is 2.73. The predicted octanol–water partition coefficient (Wildman–Crippen LogP) is 2.71. The van der Waals surface area contributed by atoms with Crippen LogP contribution < -0.4 is 5.32 Å². The summed E-state index contributed by atoms with van der Waals surface area (Å²) < 4.78 is 4.02. The molecule has 1 N–H and O–H groups in total. The lowest BCUT2D eigenvalue weighted by atomic mass is 10.2. The summed E-state index contributed by atoms with van der Waals surface area (Å²) in [6.07, 6.45) is 3.80. The maximum atomic E-state index is 9.05. The summed E-state index contributed by atoms with van der Waals surface area (Å²) in [6.45, 7) is 3.34. The first-order chi connectivity index (χ1) is 8.69. The highest BCUT2D eigenvalue weighted by Gasteiger charge is 2.39. The molecule has 2 fully saturated rings. The van der Waals surface area contributed by atoms with E-state index in [0.29, 0.717) is 22.8 Å². The predicted molar refractivity (Wildman–Crippen MR) is 73.1 cm³/mol. The number of hydrogen-bond acceptors (Lipinski definition) is 5. The molecule has 1 aromatic rings. The number of likely N-dealkylation sites (tertiary alicyclic amines) is 1. The van der Waals surface area contributed by atoms with E-state index in [9.17, 15) is 0 Å². The van der Waals surface area contributed by atoms with Gasteiger partial charge in [0.15, 0.2) is 5.15 Å². The highest BCUT2D eigenvalue weighted by Crippen LogP contribution is 2.35. The summed E-state index contributed by atoms with van der Waals surface area (Å²) in [6, 6.07) is 3.95. The lowest BCUT2D eigenvalue weighted by molar-refractivity contribution is 0.257. The fourth-order valence-corrected chi connectivity index (χ4v) is 3.74. The Balaban J connectivity index is 1.68. The monoisotopic (exact) mass is 282 g/mol. The SMILES string of the molecule is CC1CC(Nc2snc(Cl)c2C#N)CN1C1CC1. The largest absolute Gasteiger partial charge is 0.370 e. The Kier molecular flexibility index (Phi) is 3.18. The van der Waals surface area contributed by atoms with Crippen molar-refractivity contribution in [2.75, 3.05) is 11.9 Å². The fraction of sp³-hybridized carbons (Fsp3) is 0.667. The second-order valence-corrected chi connectivity index (χ2v) is 6.27. The van der Waals surface area contributed by atoms with Gasteiger partial charge in [0.2, 0.25) is 0 Å². The zero-order valence-electron chi connectivity index (χ0n) is 10.2. The van der Waals surface area contributed by atoms with Gasteiger partial charge >= 0.3 is 0 Å². The van der Waals surface area contributed by atoms with Gasteiger partial charge in [-0.1, -0.05) is 11.6 Å². The van der Waals surface area contributed by atoms with E-state index < -0.39 is 0 Å². The highest BCUT2D eigenvalue weighted by molar-refractivity contribution is 7.10. The van der Waals surface area contributed by atoms with Crippen LogP contribution >= 0.6 is 23.1 Å². The number of halogens is 1. The minimum Gasteiger partial charge on any atom is -0.370 e. The molecule has 0 aromatic carbocycles. The first kappa shape index (κ1) is 12.2. The van der Waals surface area contributed by atoms with Crippen LogP contribution in [0.2, 0.25) is 5.15 Å². The van der Waals surface area contributed by atoms with E-state index in [0.717, 1.165) is 24.0 Å². The van der Waals surface area contributed by atoms with Crippen molar-refractivity contribution in [1.82, 2.24) is 9.27 Å². The summed E-state index contributed by atoms with van der Waals surface area (Å²) in [7, 11) is 0. The van der Waals surface area contributed by atoms with E-state index in [1.165, 1.54) is 24.4 Å². The summed E-state index contributed by atoms with van der Waals surface area (Å²) in [5, 5.41) is 13.6. The lowest BCUT2D eigenvalue weighted by Gasteiger charge is -2.19. The third kappa shape index (κ3) is 2.20. The quantitative estimate of drug-likeness (QED) is 0.926. The van der Waals surface area contributed by atoms with Crippen LogP contribution in [0.1, 0.15) is 31.7 Å². The third-order valence-electron chi connectivity index (χ3n) is 3.74. The number of aromatic nitrogens is 1. The minimum absolute atomic E-state index is 0.315. The topological polar surface area (TPSA) is 52.0 Å². The van der Waals surface area contributed by atoms with Crippen molar-refractivity contribution in [1.29, 1.82) is 5.26 Å². The molecule has 1 aromatic heterocycles. The molecule has 1 aliphatic heterocycles. The first-order valence-electron chi connectivity index (χ1n) is 6.26. The number of anilines is 1. The Morgan fingerprint density at radius 2 is 2.33 bits per heavy atom. The number of hydrogen-bond donors (Lipinski definition) is 1. The molecule has 2 heterocycles. The maximum absolute atomic E-state index is 9.05. The first-order valence-corrected chi connectivity index (χ1v) is 7.41. The van der Waals surface area contributed by atoms with Gasteiger partial charge < -0.3 is 5.32 Å². The van der Waals surface area contributed by atoms with Crippen LogP contribution in [-0.4, -0.2) is 33.9 Å². The molecule has 4 nitrogen and oxygen atoms in total. The van der Waals surface area contributed by atoms with Gasteiger partial charge in [-0.05, 0) is 37.7 Å². The number of nitriles is 1. The Morgan fingerprint density at radius 3 is 3.00 bits per heavy atom. The molecule has 0 radical (unpaired) electrons. The second-order valence-electron chi connectivity index (χ2n) is 5.14. The highest BCUT2D eigenvalue weighted by atomic mass is 35.5. The van der Waals surface area contributed by atoms with E-state index >= 15 is 0 Å². The molecule has 1 aliphatic carbocycles. The van der Waals surface area contributed by atoms with Crippen LogP contribution in [-0.2, 0) is 0 Å². The van der Waals surface area contributed by atoms with Gasteiger partial charge in [0.05, 0.1) is 0 Å². The summed E-state index contributed by atoms with van der Waals surface area (Å²) in [4.78, 5) is 2.58. The minimum atomic E-state index is 0.315. The zero-order chi connectivity index (χ0) is 12.7. The van der Waals surface area contributed by atoms with Crippen molar-refractivity contribution in [2.24, 2.45) is 0 Å². The molecule has 1 saturated heterocycles. The van der Waals surface area contributed by atoms with Gasteiger partial charge in [-0.25, -0.2) is 0 Å². The zero-order valence-corrected chi connectivity index (χ0v) is 11.8. The van der Waals surface area contributed by atoms with Crippen LogP contribution in [0.5, 0.6) is 0 Å². The van der Waals surface area contributed by atoms with Crippen molar-refractivity contribution in [3.63, 3.8) is 0 Å². The molecule has 1 saturated carbocycles. The Hall–Kier alpha value is -0.830. The molecule has 2 aliphatic rings. The normalized spacial score (nSPS) is 28.3. The van der Waals surface area contributed by atoms with Crippen molar-refractivity contribution >= 4 is 28.1 Å². The van der Waals surface area contributed by atoms with Gasteiger partial charge in [0.1, 0.15) is 16.6 Å². The standard InChI is InChI=1S/C12H15ClN4S/c1-7-4-8(6-17(7)9-2-3-9)15-12-10(5-14)11(13)16-18-12/h7-9,15H,2-4,6H2,1H3. The van der Waals surface area contributed by atoms with E-state index in [1.807, 2.05) is 0 Å². The molecule has 18 heavy (non-hydrogen) atoms. The third-order valence-corrected chi connectivity index (χ3v) is 4.89. The molecule has 0 amide bonds. The maximum Gasteiger partial charge on any atom is 0.162 e. The Morgan fingerprint density at radius 1 is 1.56 bits per heavy atom. The van der Waals surface area contributed by atoms with Crippen LogP contribution in [0.25, 0.3) is 0 Å². The van der Waals surface area contributed by atoms with Crippen molar-refractivity contribution in [2.45, 2.75) is 44.3 Å². The molecular formula is C12H15ClN4S. The van der Waals surface area contributed by atoms with Crippen molar-refractivity contribution in [3.8, 4) is 6.07 Å². The lowest BCUT2D eigenvalue weighted by Crippen LogP contribution is -2.30. The van der Waals surface area contributed by atoms with Crippen LogP contribution in [0.3, 0.4) is 0 Å². The molecule has 3 rings (SSSR count). The Bertz CT molecular complexity index is 491. The number of rotatable bonds is 3. The number of nitrogens with zero attached hydrogens (tertiary/aromatic N) is 3. The average molecular weight is 283 g/mol. The molecule has 2 atom stereocenters. The van der Waals surface area contributed by atoms with Crippen LogP contribution in [0.4, 0.5) is 5.00 Å². The molecular weight excluding hydrogens is 268 g/mol. The van der Waals surface area contributed by atoms with Gasteiger partial charge in [-0.2, -0.15) is 9.64 Å². The van der Waals surface area contributed by atoms with E-state index in [2.05, 4.69) is 27.6 Å². The summed E-state index contributed by atoms with van der Waals surface area (Å²) >= 11 is 7.15. The van der Waals surface area contributed by atoms with Crippen molar-refractivity contribution < 1.29 is 0 Å². The van der Waals surface area contributed by atoms with Crippen molar-refractivity contribution in [3.05, 3.63) is 10.7 Å². The molecule has 2 unspecified atom stereocenters. The molecule has 6 heteroatoms. The van der Waals surface area contributed by atoms with Gasteiger partial charge in [0, 0.05) is 24.7 Å². The van der Waals surface area contributed by atoms with E-state index in [4.69, 9.17) is 16.9 Å². The Labute approximate surface area is 116 Å². The average Bonchev–Trinajstić information content (AvgIpc) is 3.04. The van der Waals surface area contributed by atoms with Crippen LogP contribution in [0.15, 0.2) is 0 Å². The summed E-state index contributed by atoms with van der Waals surface area (Å²) in [5.41, 5.74) is 0.485. The van der Waals surface area contributed by atoms with Gasteiger partial charge in [-0.15, -0.1) is 0 Å². The molecule has 0 bridgehead atoms.